The second-order valence-electron chi connectivity index (χ2n) is 5.74. The Kier molecular flexibility index (Phi) is 5.64. The first-order valence-electron chi connectivity index (χ1n) is 8.21. The van der Waals surface area contributed by atoms with Crippen molar-refractivity contribution in [2.24, 2.45) is 0 Å². The van der Waals surface area contributed by atoms with Gasteiger partial charge in [0.1, 0.15) is 18.5 Å². The molecule has 0 bridgehead atoms. The van der Waals surface area contributed by atoms with Gasteiger partial charge in [0.2, 0.25) is 0 Å². The van der Waals surface area contributed by atoms with Crippen LogP contribution in [-0.4, -0.2) is 24.5 Å². The first-order chi connectivity index (χ1) is 12.2. The van der Waals surface area contributed by atoms with E-state index < -0.39 is 6.10 Å². The quantitative estimate of drug-likeness (QED) is 0.818. The molecule has 2 N–H and O–H groups in total. The van der Waals surface area contributed by atoms with Crippen LogP contribution in [0.2, 0.25) is 0 Å². The Morgan fingerprint density at radius 2 is 1.80 bits per heavy atom. The zero-order valence-corrected chi connectivity index (χ0v) is 13.7. The number of hydrogen-bond acceptors (Lipinski definition) is 4. The van der Waals surface area contributed by atoms with Gasteiger partial charge in [0.05, 0.1) is 0 Å². The van der Waals surface area contributed by atoms with E-state index in [1.807, 2.05) is 30.3 Å². The summed E-state index contributed by atoms with van der Waals surface area (Å²) in [4.78, 5) is 23.8. The minimum Gasteiger partial charge on any atom is -0.489 e. The van der Waals surface area contributed by atoms with Gasteiger partial charge < -0.3 is 9.47 Å². The Bertz CT molecular complexity index is 710. The average Bonchev–Trinajstić information content (AvgIpc) is 3.20. The Labute approximate surface area is 146 Å². The van der Waals surface area contributed by atoms with Crippen LogP contribution in [0.4, 0.5) is 0 Å². The van der Waals surface area contributed by atoms with Gasteiger partial charge >= 0.3 is 0 Å². The van der Waals surface area contributed by atoms with Gasteiger partial charge in [0.15, 0.2) is 0 Å². The number of hydrogen-bond donors (Lipinski definition) is 2. The van der Waals surface area contributed by atoms with Crippen molar-refractivity contribution < 1.29 is 19.1 Å². The smallest absolute Gasteiger partial charge is 0.269 e. The van der Waals surface area contributed by atoms with E-state index in [9.17, 15) is 9.59 Å². The maximum atomic E-state index is 12.0. The highest BCUT2D eigenvalue weighted by Gasteiger charge is 2.23. The zero-order chi connectivity index (χ0) is 17.5. The van der Waals surface area contributed by atoms with Gasteiger partial charge in [-0.3, -0.25) is 20.4 Å². The van der Waals surface area contributed by atoms with E-state index in [1.54, 1.807) is 24.3 Å². The summed E-state index contributed by atoms with van der Waals surface area (Å²) in [6.07, 6.45) is 1.06. The molecular weight excluding hydrogens is 320 g/mol. The summed E-state index contributed by atoms with van der Waals surface area (Å²) in [5.41, 5.74) is 6.28. The number of nitrogens with one attached hydrogen (secondary N) is 2. The molecule has 0 saturated carbocycles. The molecule has 1 saturated heterocycles. The number of carbonyl (C=O) groups is 2. The lowest BCUT2D eigenvalue weighted by Gasteiger charge is -2.11. The monoisotopic (exact) mass is 340 g/mol. The molecule has 1 aliphatic rings. The fourth-order valence-electron chi connectivity index (χ4n) is 2.50. The molecule has 0 aromatic heterocycles. The standard InChI is InChI=1S/C19H20N2O4/c22-18(20-21-19(23)17-7-4-12-24-17)15-8-10-16(11-9-15)25-13-14-5-2-1-3-6-14/h1-3,5-6,8-11,17H,4,7,12-13H2,(H,20,22)(H,21,23)/t17-/m1/s1. The second kappa shape index (κ2) is 8.30. The summed E-state index contributed by atoms with van der Waals surface area (Å²) in [7, 11) is 0. The molecule has 1 heterocycles. The van der Waals surface area contributed by atoms with Crippen LogP contribution in [0, 0.1) is 0 Å². The number of amides is 2. The van der Waals surface area contributed by atoms with E-state index in [2.05, 4.69) is 10.9 Å². The highest BCUT2D eigenvalue weighted by Crippen LogP contribution is 2.14. The van der Waals surface area contributed by atoms with Gasteiger partial charge in [-0.2, -0.15) is 0 Å². The van der Waals surface area contributed by atoms with Crippen LogP contribution >= 0.6 is 0 Å². The molecule has 1 fully saturated rings. The molecule has 2 aromatic rings. The van der Waals surface area contributed by atoms with Crippen LogP contribution in [0.15, 0.2) is 54.6 Å². The Balaban J connectivity index is 1.47. The zero-order valence-electron chi connectivity index (χ0n) is 13.7. The van der Waals surface area contributed by atoms with Crippen LogP contribution in [-0.2, 0) is 16.1 Å². The summed E-state index contributed by atoms with van der Waals surface area (Å²) in [5.74, 6) is -0.0431. The fraction of sp³-hybridized carbons (Fsp3) is 0.263. The lowest BCUT2D eigenvalue weighted by molar-refractivity contribution is -0.130. The molecule has 0 unspecified atom stereocenters. The molecule has 1 aliphatic heterocycles. The number of carbonyl (C=O) groups excluding carboxylic acids is 2. The van der Waals surface area contributed by atoms with E-state index in [0.29, 0.717) is 30.9 Å². The minimum absolute atomic E-state index is 0.325. The number of hydrazine groups is 1. The molecule has 0 radical (unpaired) electrons. The molecule has 1 atom stereocenters. The van der Waals surface area contributed by atoms with Gasteiger partial charge in [0, 0.05) is 12.2 Å². The molecule has 25 heavy (non-hydrogen) atoms. The topological polar surface area (TPSA) is 76.7 Å². The highest BCUT2D eigenvalue weighted by atomic mass is 16.5. The van der Waals surface area contributed by atoms with Gasteiger partial charge in [-0.05, 0) is 42.7 Å². The average molecular weight is 340 g/mol. The summed E-state index contributed by atoms with van der Waals surface area (Å²) < 4.78 is 10.9. The van der Waals surface area contributed by atoms with E-state index in [0.717, 1.165) is 12.0 Å². The predicted molar refractivity (Wildman–Crippen MR) is 91.8 cm³/mol. The van der Waals surface area contributed by atoms with Crippen molar-refractivity contribution in [3.8, 4) is 5.75 Å². The van der Waals surface area contributed by atoms with Gasteiger partial charge in [-0.1, -0.05) is 30.3 Å². The van der Waals surface area contributed by atoms with Crippen molar-refractivity contribution in [2.45, 2.75) is 25.6 Å². The van der Waals surface area contributed by atoms with Crippen molar-refractivity contribution in [1.29, 1.82) is 0 Å². The third kappa shape index (κ3) is 4.81. The SMILES string of the molecule is O=C(NNC(=O)[C@H]1CCCO1)c1ccc(OCc2ccccc2)cc1. The minimum atomic E-state index is -0.478. The van der Waals surface area contributed by atoms with Crippen LogP contribution in [0.5, 0.6) is 5.75 Å². The van der Waals surface area contributed by atoms with E-state index in [-0.39, 0.29) is 11.8 Å². The van der Waals surface area contributed by atoms with Gasteiger partial charge in [-0.25, -0.2) is 0 Å². The maximum absolute atomic E-state index is 12.0. The summed E-state index contributed by atoms with van der Waals surface area (Å²) >= 11 is 0. The molecule has 2 amide bonds. The predicted octanol–water partition coefficient (Wildman–Crippen LogP) is 2.21. The lowest BCUT2D eigenvalue weighted by Crippen LogP contribution is -2.46. The van der Waals surface area contributed by atoms with E-state index in [4.69, 9.17) is 9.47 Å². The summed E-state index contributed by atoms with van der Waals surface area (Å²) in [6.45, 7) is 1.04. The largest absolute Gasteiger partial charge is 0.489 e. The first kappa shape index (κ1) is 17.0. The van der Waals surface area contributed by atoms with Crippen molar-refractivity contribution in [2.75, 3.05) is 6.61 Å². The van der Waals surface area contributed by atoms with Crippen molar-refractivity contribution in [3.05, 3.63) is 65.7 Å². The third-order valence-corrected chi connectivity index (χ3v) is 3.89. The Hall–Kier alpha value is -2.86. The highest BCUT2D eigenvalue weighted by molar-refractivity contribution is 5.95. The molecule has 0 aliphatic carbocycles. The molecule has 130 valence electrons. The fourth-order valence-corrected chi connectivity index (χ4v) is 2.50. The molecule has 6 nitrogen and oxygen atoms in total. The Morgan fingerprint density at radius 1 is 1.04 bits per heavy atom. The molecule has 6 heteroatoms. The summed E-state index contributed by atoms with van der Waals surface area (Å²) in [5, 5.41) is 0. The first-order valence-corrected chi connectivity index (χ1v) is 8.21. The second-order valence-corrected chi connectivity index (χ2v) is 5.74. The van der Waals surface area contributed by atoms with Crippen LogP contribution in [0.25, 0.3) is 0 Å². The third-order valence-electron chi connectivity index (χ3n) is 3.89. The lowest BCUT2D eigenvalue weighted by atomic mass is 10.2. The van der Waals surface area contributed by atoms with Crippen LogP contribution < -0.4 is 15.6 Å². The van der Waals surface area contributed by atoms with Crippen LogP contribution in [0.1, 0.15) is 28.8 Å². The molecular formula is C19H20N2O4. The maximum Gasteiger partial charge on any atom is 0.269 e. The molecule has 2 aromatic carbocycles. The Morgan fingerprint density at radius 3 is 2.48 bits per heavy atom. The molecule has 0 spiro atoms. The van der Waals surface area contributed by atoms with Crippen LogP contribution in [0.3, 0.4) is 0 Å². The van der Waals surface area contributed by atoms with E-state index in [1.165, 1.54) is 0 Å². The van der Waals surface area contributed by atoms with Crippen molar-refractivity contribution >= 4 is 11.8 Å². The van der Waals surface area contributed by atoms with Gasteiger partial charge in [0.25, 0.3) is 11.8 Å². The number of rotatable bonds is 5. The molecule has 3 rings (SSSR count). The van der Waals surface area contributed by atoms with Gasteiger partial charge in [-0.15, -0.1) is 0 Å². The summed E-state index contributed by atoms with van der Waals surface area (Å²) in [6, 6.07) is 16.6. The van der Waals surface area contributed by atoms with Crippen molar-refractivity contribution in [1.82, 2.24) is 10.9 Å². The number of benzene rings is 2. The number of ether oxygens (including phenoxy) is 2. The normalized spacial score (nSPS) is 16.2. The van der Waals surface area contributed by atoms with Crippen molar-refractivity contribution in [3.63, 3.8) is 0 Å². The van der Waals surface area contributed by atoms with E-state index >= 15 is 0 Å².